The van der Waals surface area contributed by atoms with Crippen LogP contribution in [0.5, 0.6) is 0 Å². The molecule has 3 amide bonds. The lowest BCUT2D eigenvalue weighted by molar-refractivity contribution is -0.154. The molecule has 0 saturated heterocycles. The van der Waals surface area contributed by atoms with Crippen LogP contribution in [0, 0.1) is 5.92 Å². The first-order valence-electron chi connectivity index (χ1n) is 10.2. The summed E-state index contributed by atoms with van der Waals surface area (Å²) in [5, 5.41) is 22.1. The molecular formula is C23H25N3O6. The van der Waals surface area contributed by atoms with Gasteiger partial charge in [0.1, 0.15) is 12.6 Å². The number of para-hydroxylation sites is 1. The molecule has 2 atom stereocenters. The zero-order chi connectivity index (χ0) is 23.1. The van der Waals surface area contributed by atoms with Crippen molar-refractivity contribution in [3.63, 3.8) is 0 Å². The van der Waals surface area contributed by atoms with E-state index < -0.39 is 36.3 Å². The molecule has 1 heterocycles. The normalized spacial score (nSPS) is 16.5. The fourth-order valence-electron chi connectivity index (χ4n) is 3.85. The zero-order valence-electron chi connectivity index (χ0n) is 17.4. The second-order valence-corrected chi connectivity index (χ2v) is 7.66. The Morgan fingerprint density at radius 3 is 2.53 bits per heavy atom. The van der Waals surface area contributed by atoms with Gasteiger partial charge in [0.25, 0.3) is 0 Å². The number of carbonyl (C=O) groups is 4. The van der Waals surface area contributed by atoms with E-state index in [0.29, 0.717) is 23.6 Å². The van der Waals surface area contributed by atoms with E-state index in [-0.39, 0.29) is 19.4 Å². The Balaban J connectivity index is 1.81. The monoisotopic (exact) mass is 439 g/mol. The summed E-state index contributed by atoms with van der Waals surface area (Å²) in [6.07, 6.45) is 1.24. The molecule has 1 aliphatic rings. The van der Waals surface area contributed by atoms with E-state index >= 15 is 0 Å². The number of rotatable bonds is 9. The Hall–Kier alpha value is -3.72. The highest BCUT2D eigenvalue weighted by molar-refractivity contribution is 6.03. The van der Waals surface area contributed by atoms with Crippen LogP contribution in [0.2, 0.25) is 0 Å². The third-order valence-electron chi connectivity index (χ3n) is 5.38. The van der Waals surface area contributed by atoms with Crippen molar-refractivity contribution in [3.8, 4) is 0 Å². The molecule has 1 aliphatic heterocycles. The van der Waals surface area contributed by atoms with Crippen molar-refractivity contribution >= 4 is 29.9 Å². The molecule has 0 aliphatic carbocycles. The predicted molar refractivity (Wildman–Crippen MR) is 115 cm³/mol. The van der Waals surface area contributed by atoms with Gasteiger partial charge in [0, 0.05) is 5.69 Å². The SMILES string of the molecule is O=CN(O)C[C@H](Cc1ccccc1)C(=O)N[C@H]1CCc2ccccc2N(CC(=O)O)C1=O. The second kappa shape index (κ2) is 10.5. The maximum absolute atomic E-state index is 13.2. The first-order chi connectivity index (χ1) is 15.4. The van der Waals surface area contributed by atoms with Crippen LogP contribution in [0.4, 0.5) is 5.69 Å². The summed E-state index contributed by atoms with van der Waals surface area (Å²) in [5.74, 6) is -2.99. The molecule has 3 rings (SSSR count). The largest absolute Gasteiger partial charge is 0.480 e. The molecule has 0 fully saturated rings. The molecule has 0 spiro atoms. The van der Waals surface area contributed by atoms with Gasteiger partial charge in [-0.15, -0.1) is 0 Å². The van der Waals surface area contributed by atoms with Crippen LogP contribution in [0.25, 0.3) is 0 Å². The Labute approximate surface area is 185 Å². The van der Waals surface area contributed by atoms with Gasteiger partial charge in [0.05, 0.1) is 12.5 Å². The van der Waals surface area contributed by atoms with Crippen LogP contribution in [0.1, 0.15) is 17.5 Å². The number of hydrogen-bond donors (Lipinski definition) is 3. The topological polar surface area (TPSA) is 127 Å². The van der Waals surface area contributed by atoms with Crippen LogP contribution >= 0.6 is 0 Å². The van der Waals surface area contributed by atoms with Gasteiger partial charge in [0.15, 0.2) is 0 Å². The van der Waals surface area contributed by atoms with Crippen molar-refractivity contribution in [1.82, 2.24) is 10.4 Å². The van der Waals surface area contributed by atoms with Crippen LogP contribution in [0.3, 0.4) is 0 Å². The van der Waals surface area contributed by atoms with Crippen molar-refractivity contribution in [2.24, 2.45) is 5.92 Å². The van der Waals surface area contributed by atoms with Gasteiger partial charge in [-0.25, -0.2) is 5.06 Å². The summed E-state index contributed by atoms with van der Waals surface area (Å²) in [6.45, 7) is -0.768. The molecule has 0 bridgehead atoms. The molecule has 3 N–H and O–H groups in total. The number of nitrogens with one attached hydrogen (secondary N) is 1. The van der Waals surface area contributed by atoms with E-state index in [1.54, 1.807) is 12.1 Å². The number of carbonyl (C=O) groups excluding carboxylic acids is 3. The number of aliphatic carboxylic acids is 1. The second-order valence-electron chi connectivity index (χ2n) is 7.66. The van der Waals surface area contributed by atoms with Gasteiger partial charge in [-0.2, -0.15) is 0 Å². The molecule has 9 heteroatoms. The first-order valence-corrected chi connectivity index (χ1v) is 10.2. The fourth-order valence-corrected chi connectivity index (χ4v) is 3.85. The first kappa shape index (κ1) is 23.0. The Morgan fingerprint density at radius 1 is 1.16 bits per heavy atom. The predicted octanol–water partition coefficient (Wildman–Crippen LogP) is 1.24. The molecular weight excluding hydrogens is 414 g/mol. The summed E-state index contributed by atoms with van der Waals surface area (Å²) in [6, 6.07) is 15.2. The lowest BCUT2D eigenvalue weighted by Gasteiger charge is -2.26. The highest BCUT2D eigenvalue weighted by Gasteiger charge is 2.34. The minimum absolute atomic E-state index is 0.216. The number of hydroxylamine groups is 2. The highest BCUT2D eigenvalue weighted by atomic mass is 16.5. The van der Waals surface area contributed by atoms with E-state index in [9.17, 15) is 29.5 Å². The Morgan fingerprint density at radius 2 is 1.84 bits per heavy atom. The van der Waals surface area contributed by atoms with Gasteiger partial charge in [-0.05, 0) is 36.5 Å². The molecule has 168 valence electrons. The molecule has 2 aromatic rings. The average Bonchev–Trinajstić information content (AvgIpc) is 2.91. The summed E-state index contributed by atoms with van der Waals surface area (Å²) < 4.78 is 0. The molecule has 2 aromatic carbocycles. The molecule has 0 saturated carbocycles. The number of carboxylic acids is 1. The lowest BCUT2D eigenvalue weighted by atomic mass is 9.97. The van der Waals surface area contributed by atoms with E-state index in [1.165, 1.54) is 4.90 Å². The zero-order valence-corrected chi connectivity index (χ0v) is 17.4. The summed E-state index contributed by atoms with van der Waals surface area (Å²) >= 11 is 0. The van der Waals surface area contributed by atoms with Crippen molar-refractivity contribution in [1.29, 1.82) is 0 Å². The van der Waals surface area contributed by atoms with Gasteiger partial charge >= 0.3 is 5.97 Å². The maximum Gasteiger partial charge on any atom is 0.323 e. The number of benzene rings is 2. The van der Waals surface area contributed by atoms with E-state index in [1.807, 2.05) is 42.5 Å². The van der Waals surface area contributed by atoms with E-state index in [4.69, 9.17) is 0 Å². The quantitative estimate of drug-likeness (QED) is 0.307. The van der Waals surface area contributed by atoms with Crippen LogP contribution in [-0.2, 0) is 32.0 Å². The summed E-state index contributed by atoms with van der Waals surface area (Å²) in [7, 11) is 0. The van der Waals surface area contributed by atoms with Crippen molar-refractivity contribution < 1.29 is 29.5 Å². The van der Waals surface area contributed by atoms with Crippen molar-refractivity contribution in [2.75, 3.05) is 18.0 Å². The highest BCUT2D eigenvalue weighted by Crippen LogP contribution is 2.27. The number of anilines is 1. The van der Waals surface area contributed by atoms with Gasteiger partial charge < -0.3 is 10.4 Å². The van der Waals surface area contributed by atoms with Crippen molar-refractivity contribution in [3.05, 3.63) is 65.7 Å². The lowest BCUT2D eigenvalue weighted by Crippen LogP contribution is -2.51. The third-order valence-corrected chi connectivity index (χ3v) is 5.38. The van der Waals surface area contributed by atoms with E-state index in [0.717, 1.165) is 11.1 Å². The summed E-state index contributed by atoms with van der Waals surface area (Å²) in [4.78, 5) is 49.7. The molecule has 32 heavy (non-hydrogen) atoms. The third kappa shape index (κ3) is 5.70. The van der Waals surface area contributed by atoms with Gasteiger partial charge in [-0.1, -0.05) is 48.5 Å². The minimum Gasteiger partial charge on any atom is -0.480 e. The van der Waals surface area contributed by atoms with Crippen LogP contribution in [0.15, 0.2) is 54.6 Å². The maximum atomic E-state index is 13.2. The number of hydrogen-bond acceptors (Lipinski definition) is 5. The number of amides is 3. The Kier molecular flexibility index (Phi) is 7.56. The number of carboxylic acid groups (broad SMARTS) is 1. The molecule has 0 aromatic heterocycles. The van der Waals surface area contributed by atoms with E-state index in [2.05, 4.69) is 5.32 Å². The summed E-state index contributed by atoms with van der Waals surface area (Å²) in [5.41, 5.74) is 2.17. The molecule has 9 nitrogen and oxygen atoms in total. The number of fused-ring (bicyclic) bond motifs is 1. The van der Waals surface area contributed by atoms with Gasteiger partial charge in [0.2, 0.25) is 18.2 Å². The molecule has 0 radical (unpaired) electrons. The van der Waals surface area contributed by atoms with Crippen molar-refractivity contribution in [2.45, 2.75) is 25.3 Å². The fraction of sp³-hybridized carbons (Fsp3) is 0.304. The Bertz CT molecular complexity index is 981. The number of aryl methyl sites for hydroxylation is 1. The van der Waals surface area contributed by atoms with Crippen LogP contribution in [-0.4, -0.2) is 58.7 Å². The molecule has 0 unspecified atom stereocenters. The van der Waals surface area contributed by atoms with Gasteiger partial charge in [-0.3, -0.25) is 29.3 Å². The standard InChI is InChI=1S/C23H25N3O6/c27-15-25(32)13-18(12-16-6-2-1-3-7-16)22(30)24-19-11-10-17-8-4-5-9-20(17)26(23(19)31)14-21(28)29/h1-9,15,18-19,32H,10-14H2,(H,24,30)(H,28,29)/t18-,19-/m0/s1. The number of nitrogens with zero attached hydrogens (tertiary/aromatic N) is 2. The minimum atomic E-state index is -1.16. The smallest absolute Gasteiger partial charge is 0.323 e. The van der Waals surface area contributed by atoms with Crippen LogP contribution < -0.4 is 10.2 Å². The average molecular weight is 439 g/mol.